The summed E-state index contributed by atoms with van der Waals surface area (Å²) in [5, 5.41) is 15.6. The molecule has 1 aromatic heterocycles. The molecule has 2 rings (SSSR count). The number of nitrogens with zero attached hydrogens (tertiary/aromatic N) is 2. The molecule has 0 spiro atoms. The molecule has 116 valence electrons. The Morgan fingerprint density at radius 1 is 1.36 bits per heavy atom. The highest BCUT2D eigenvalue weighted by atomic mass is 19.1. The van der Waals surface area contributed by atoms with Crippen LogP contribution in [-0.4, -0.2) is 26.8 Å². The van der Waals surface area contributed by atoms with Gasteiger partial charge in [-0.15, -0.1) is 0 Å². The molecule has 0 saturated heterocycles. The fourth-order valence-electron chi connectivity index (χ4n) is 2.04. The maximum absolute atomic E-state index is 13.0. The Kier molecular flexibility index (Phi) is 4.88. The Hall–Kier alpha value is -2.70. The minimum Gasteiger partial charge on any atom is -0.481 e. The van der Waals surface area contributed by atoms with Gasteiger partial charge in [0.25, 0.3) is 0 Å². The van der Waals surface area contributed by atoms with Gasteiger partial charge in [0.05, 0.1) is 12.5 Å². The second kappa shape index (κ2) is 6.84. The molecule has 0 aliphatic rings. The molecule has 0 aliphatic carbocycles. The minimum absolute atomic E-state index is 0.288. The van der Waals surface area contributed by atoms with Crippen LogP contribution in [0.25, 0.3) is 0 Å². The predicted molar refractivity (Wildman–Crippen MR) is 76.5 cm³/mol. The Morgan fingerprint density at radius 3 is 2.59 bits per heavy atom. The summed E-state index contributed by atoms with van der Waals surface area (Å²) in [6.07, 6.45) is 2.91. The summed E-state index contributed by atoms with van der Waals surface area (Å²) in [7, 11) is 0. The van der Waals surface area contributed by atoms with Gasteiger partial charge in [0.2, 0.25) is 5.91 Å². The van der Waals surface area contributed by atoms with Crippen LogP contribution in [0.15, 0.2) is 42.7 Å². The van der Waals surface area contributed by atoms with Crippen LogP contribution in [0, 0.1) is 5.82 Å². The molecule has 0 fully saturated rings. The van der Waals surface area contributed by atoms with Crippen molar-refractivity contribution in [3.05, 3.63) is 54.1 Å². The number of rotatable bonds is 6. The topological polar surface area (TPSA) is 84.2 Å². The first-order chi connectivity index (χ1) is 10.5. The number of carboxylic acids is 1. The average Bonchev–Trinajstić information content (AvgIpc) is 3.00. The lowest BCUT2D eigenvalue weighted by Crippen LogP contribution is -2.35. The van der Waals surface area contributed by atoms with Crippen molar-refractivity contribution in [2.75, 3.05) is 0 Å². The summed E-state index contributed by atoms with van der Waals surface area (Å²) < 4.78 is 14.4. The van der Waals surface area contributed by atoms with Gasteiger partial charge < -0.3 is 10.4 Å². The highest BCUT2D eigenvalue weighted by molar-refractivity contribution is 5.81. The van der Waals surface area contributed by atoms with Crippen LogP contribution in [-0.2, 0) is 9.59 Å². The van der Waals surface area contributed by atoms with E-state index in [9.17, 15) is 14.0 Å². The number of aliphatic carboxylic acids is 1. The molecule has 22 heavy (non-hydrogen) atoms. The Morgan fingerprint density at radius 2 is 2.05 bits per heavy atom. The lowest BCUT2D eigenvalue weighted by Gasteiger charge is -2.20. The molecule has 2 unspecified atom stereocenters. The van der Waals surface area contributed by atoms with Crippen molar-refractivity contribution in [2.45, 2.75) is 25.4 Å². The van der Waals surface area contributed by atoms with Gasteiger partial charge in [-0.2, -0.15) is 5.10 Å². The van der Waals surface area contributed by atoms with E-state index in [1.165, 1.54) is 28.9 Å². The fourth-order valence-corrected chi connectivity index (χ4v) is 2.04. The maximum atomic E-state index is 13.0. The van der Waals surface area contributed by atoms with E-state index in [1.54, 1.807) is 25.4 Å². The summed E-state index contributed by atoms with van der Waals surface area (Å²) >= 11 is 0. The molecule has 7 heteroatoms. The fraction of sp³-hybridized carbons (Fsp3) is 0.267. The maximum Gasteiger partial charge on any atom is 0.305 e. The second-order valence-electron chi connectivity index (χ2n) is 4.87. The van der Waals surface area contributed by atoms with Crippen LogP contribution in [0.4, 0.5) is 4.39 Å². The van der Waals surface area contributed by atoms with Crippen molar-refractivity contribution in [1.29, 1.82) is 0 Å². The first-order valence-corrected chi connectivity index (χ1v) is 6.74. The summed E-state index contributed by atoms with van der Waals surface area (Å²) in [6, 6.07) is 5.76. The third-order valence-electron chi connectivity index (χ3n) is 3.27. The molecule has 2 atom stereocenters. The van der Waals surface area contributed by atoms with Gasteiger partial charge in [0, 0.05) is 12.4 Å². The number of carbonyl (C=O) groups excluding carboxylic acids is 1. The van der Waals surface area contributed by atoms with Crippen molar-refractivity contribution in [1.82, 2.24) is 15.1 Å². The third-order valence-corrected chi connectivity index (χ3v) is 3.27. The first kappa shape index (κ1) is 15.7. The monoisotopic (exact) mass is 305 g/mol. The van der Waals surface area contributed by atoms with E-state index in [1.807, 2.05) is 0 Å². The second-order valence-corrected chi connectivity index (χ2v) is 4.87. The highest BCUT2D eigenvalue weighted by Crippen LogP contribution is 2.19. The number of carbonyl (C=O) groups is 2. The van der Waals surface area contributed by atoms with Crippen molar-refractivity contribution in [2.24, 2.45) is 0 Å². The molecule has 0 saturated carbocycles. The van der Waals surface area contributed by atoms with E-state index >= 15 is 0 Å². The van der Waals surface area contributed by atoms with Gasteiger partial charge in [-0.25, -0.2) is 4.39 Å². The van der Waals surface area contributed by atoms with Gasteiger partial charge in [0.15, 0.2) is 0 Å². The third kappa shape index (κ3) is 3.91. The van der Waals surface area contributed by atoms with Crippen LogP contribution >= 0.6 is 0 Å². The summed E-state index contributed by atoms with van der Waals surface area (Å²) in [6.45, 7) is 1.66. The standard InChI is InChI=1S/C15H16FN3O3/c1-10(19-8-2-7-17-19)15(22)18-13(9-14(20)21)11-3-5-12(16)6-4-11/h2-8,10,13H,9H2,1H3,(H,18,22)(H,20,21). The molecular weight excluding hydrogens is 289 g/mol. The molecule has 1 aromatic carbocycles. The lowest BCUT2D eigenvalue weighted by molar-refractivity contribution is -0.137. The zero-order valence-electron chi connectivity index (χ0n) is 11.9. The summed E-state index contributed by atoms with van der Waals surface area (Å²) in [5.41, 5.74) is 0.532. The Labute approximate surface area is 126 Å². The van der Waals surface area contributed by atoms with E-state index in [2.05, 4.69) is 10.4 Å². The van der Waals surface area contributed by atoms with Crippen LogP contribution < -0.4 is 5.32 Å². The van der Waals surface area contributed by atoms with E-state index in [0.29, 0.717) is 5.56 Å². The number of hydrogen-bond acceptors (Lipinski definition) is 3. The summed E-state index contributed by atoms with van der Waals surface area (Å²) in [4.78, 5) is 23.2. The molecule has 2 aromatic rings. The largest absolute Gasteiger partial charge is 0.481 e. The molecule has 1 heterocycles. The molecular formula is C15H16FN3O3. The number of amides is 1. The van der Waals surface area contributed by atoms with Gasteiger partial charge in [0.1, 0.15) is 11.9 Å². The molecule has 2 N–H and O–H groups in total. The molecule has 0 bridgehead atoms. The normalized spacial score (nSPS) is 13.4. The molecule has 0 aliphatic heterocycles. The number of nitrogens with one attached hydrogen (secondary N) is 1. The van der Waals surface area contributed by atoms with E-state index in [0.717, 1.165) is 0 Å². The van der Waals surface area contributed by atoms with E-state index in [4.69, 9.17) is 5.11 Å². The van der Waals surface area contributed by atoms with Crippen LogP contribution in [0.2, 0.25) is 0 Å². The first-order valence-electron chi connectivity index (χ1n) is 6.74. The van der Waals surface area contributed by atoms with Crippen molar-refractivity contribution < 1.29 is 19.1 Å². The average molecular weight is 305 g/mol. The smallest absolute Gasteiger partial charge is 0.305 e. The SMILES string of the molecule is CC(C(=O)NC(CC(=O)O)c1ccc(F)cc1)n1cccn1. The highest BCUT2D eigenvalue weighted by Gasteiger charge is 2.22. The van der Waals surface area contributed by atoms with Crippen LogP contribution in [0.5, 0.6) is 0 Å². The summed E-state index contributed by atoms with van der Waals surface area (Å²) in [5.74, 6) is -1.84. The number of benzene rings is 1. The zero-order chi connectivity index (χ0) is 16.1. The number of halogens is 1. The van der Waals surface area contributed by atoms with Crippen molar-refractivity contribution >= 4 is 11.9 Å². The van der Waals surface area contributed by atoms with Gasteiger partial charge in [-0.05, 0) is 30.7 Å². The van der Waals surface area contributed by atoms with E-state index < -0.39 is 23.9 Å². The molecule has 1 amide bonds. The lowest BCUT2D eigenvalue weighted by atomic mass is 10.0. The van der Waals surface area contributed by atoms with E-state index in [-0.39, 0.29) is 12.3 Å². The minimum atomic E-state index is -1.05. The number of carboxylic acid groups (broad SMARTS) is 1. The van der Waals surface area contributed by atoms with Gasteiger partial charge in [-0.1, -0.05) is 12.1 Å². The van der Waals surface area contributed by atoms with Crippen LogP contribution in [0.3, 0.4) is 0 Å². The predicted octanol–water partition coefficient (Wildman–Crippen LogP) is 1.92. The van der Waals surface area contributed by atoms with Crippen LogP contribution in [0.1, 0.15) is 31.0 Å². The van der Waals surface area contributed by atoms with Gasteiger partial charge >= 0.3 is 5.97 Å². The zero-order valence-corrected chi connectivity index (χ0v) is 11.9. The Balaban J connectivity index is 2.14. The molecule has 6 nitrogen and oxygen atoms in total. The Bertz CT molecular complexity index is 641. The number of aromatic nitrogens is 2. The quantitative estimate of drug-likeness (QED) is 0.854. The number of hydrogen-bond donors (Lipinski definition) is 2. The van der Waals surface area contributed by atoms with Crippen molar-refractivity contribution in [3.8, 4) is 0 Å². The van der Waals surface area contributed by atoms with Crippen molar-refractivity contribution in [3.63, 3.8) is 0 Å². The molecule has 0 radical (unpaired) electrons. The van der Waals surface area contributed by atoms with Gasteiger partial charge in [-0.3, -0.25) is 14.3 Å².